The van der Waals surface area contributed by atoms with E-state index in [1.807, 2.05) is 12.1 Å². The van der Waals surface area contributed by atoms with E-state index in [4.69, 9.17) is 0 Å². The van der Waals surface area contributed by atoms with Crippen molar-refractivity contribution in [3.05, 3.63) is 46.3 Å². The second-order valence-corrected chi connectivity index (χ2v) is 10.7. The number of Topliss-reactive ketones (excluding diaryl/α,β-unsaturated/α-hetero) is 1. The number of aliphatic hydroxyl groups excluding tert-OH is 1. The minimum Gasteiger partial charge on any atom is -0.393 e. The smallest absolute Gasteiger partial charge is 0.165 e. The van der Waals surface area contributed by atoms with Crippen LogP contribution < -0.4 is 5.32 Å². The summed E-state index contributed by atoms with van der Waals surface area (Å²) in [5, 5.41) is 23.2. The third-order valence-corrected chi connectivity index (χ3v) is 7.57. The molecule has 0 bridgehead atoms. The molecule has 2 N–H and O–H groups in total. The van der Waals surface area contributed by atoms with E-state index in [1.54, 1.807) is 0 Å². The Labute approximate surface area is 190 Å². The fourth-order valence-electron chi connectivity index (χ4n) is 6.03. The molecule has 168 valence electrons. The van der Waals surface area contributed by atoms with Crippen molar-refractivity contribution in [3.63, 3.8) is 0 Å². The van der Waals surface area contributed by atoms with E-state index < -0.39 is 0 Å². The van der Waals surface area contributed by atoms with Crippen LogP contribution >= 0.6 is 0 Å². The maximum atomic E-state index is 13.2. The summed E-state index contributed by atoms with van der Waals surface area (Å²) >= 11 is 0. The van der Waals surface area contributed by atoms with Gasteiger partial charge in [-0.1, -0.05) is 13.8 Å². The Kier molecular flexibility index (Phi) is 5.37. The van der Waals surface area contributed by atoms with Gasteiger partial charge in [0, 0.05) is 35.1 Å². The van der Waals surface area contributed by atoms with Crippen LogP contribution in [0.2, 0.25) is 0 Å². The van der Waals surface area contributed by atoms with Gasteiger partial charge in [0.05, 0.1) is 17.4 Å². The number of aromatic nitrogens is 1. The van der Waals surface area contributed by atoms with Crippen molar-refractivity contribution in [3.8, 4) is 11.8 Å². The lowest BCUT2D eigenvalue weighted by molar-refractivity contribution is 0.0910. The van der Waals surface area contributed by atoms with Gasteiger partial charge in [-0.05, 0) is 87.0 Å². The highest BCUT2D eigenvalue weighted by atomic mass is 16.3. The molecule has 0 unspecified atom stereocenters. The number of aliphatic hydroxyl groups is 1. The first-order valence-electron chi connectivity index (χ1n) is 12.1. The molecule has 0 aliphatic heterocycles. The predicted molar refractivity (Wildman–Crippen MR) is 125 cm³/mol. The molecule has 3 aliphatic carbocycles. The van der Waals surface area contributed by atoms with Crippen LogP contribution in [0.15, 0.2) is 18.2 Å². The molecule has 5 heteroatoms. The molecule has 0 amide bonds. The van der Waals surface area contributed by atoms with Gasteiger partial charge in [0.2, 0.25) is 0 Å². The SMILES string of the molecule is CC1(C)CC(=O)c2c3c(n(-c4ccc(C#N)c(N[C@H]5CC[C@H](O)CC5)c4)c2C1)CCCC3. The molecule has 0 saturated heterocycles. The Morgan fingerprint density at radius 2 is 1.84 bits per heavy atom. The van der Waals surface area contributed by atoms with Gasteiger partial charge >= 0.3 is 0 Å². The highest BCUT2D eigenvalue weighted by Crippen LogP contribution is 2.42. The quantitative estimate of drug-likeness (QED) is 0.709. The number of hydrogen-bond donors (Lipinski definition) is 2. The summed E-state index contributed by atoms with van der Waals surface area (Å²) in [6.45, 7) is 4.38. The number of rotatable bonds is 3. The Hall–Kier alpha value is -2.58. The number of anilines is 1. The van der Waals surface area contributed by atoms with Gasteiger partial charge in [-0.25, -0.2) is 0 Å². The molecule has 1 saturated carbocycles. The van der Waals surface area contributed by atoms with Crippen LogP contribution in [0.5, 0.6) is 0 Å². The molecule has 0 atom stereocenters. The normalized spacial score (nSPS) is 24.4. The van der Waals surface area contributed by atoms with Crippen molar-refractivity contribution < 1.29 is 9.90 Å². The lowest BCUT2D eigenvalue weighted by Crippen LogP contribution is -2.29. The van der Waals surface area contributed by atoms with Crippen molar-refractivity contribution in [2.45, 2.75) is 90.2 Å². The number of ketones is 1. The summed E-state index contributed by atoms with van der Waals surface area (Å²) < 4.78 is 2.35. The minimum absolute atomic E-state index is 0.0423. The first-order chi connectivity index (χ1) is 15.4. The maximum Gasteiger partial charge on any atom is 0.165 e. The third kappa shape index (κ3) is 3.75. The van der Waals surface area contributed by atoms with E-state index in [9.17, 15) is 15.2 Å². The zero-order chi connectivity index (χ0) is 22.5. The molecule has 1 fully saturated rings. The molecular weight excluding hydrogens is 398 g/mol. The molecule has 5 rings (SSSR count). The highest BCUT2D eigenvalue weighted by molar-refractivity contribution is 6.01. The summed E-state index contributed by atoms with van der Waals surface area (Å²) in [5.74, 6) is 0.293. The number of hydrogen-bond acceptors (Lipinski definition) is 4. The molecule has 0 radical (unpaired) electrons. The summed E-state index contributed by atoms with van der Waals surface area (Å²) in [5.41, 5.74) is 7.22. The first-order valence-corrected chi connectivity index (χ1v) is 12.1. The van der Waals surface area contributed by atoms with Crippen LogP contribution in [0.4, 0.5) is 5.69 Å². The van der Waals surface area contributed by atoms with Gasteiger partial charge in [-0.15, -0.1) is 0 Å². The van der Waals surface area contributed by atoms with E-state index >= 15 is 0 Å². The topological polar surface area (TPSA) is 78.0 Å². The van der Waals surface area contributed by atoms with Crippen LogP contribution in [0.25, 0.3) is 5.69 Å². The van der Waals surface area contributed by atoms with Gasteiger partial charge in [-0.3, -0.25) is 4.79 Å². The molecule has 32 heavy (non-hydrogen) atoms. The lowest BCUT2D eigenvalue weighted by Gasteiger charge is -2.30. The zero-order valence-electron chi connectivity index (χ0n) is 19.2. The van der Waals surface area contributed by atoms with Crippen LogP contribution in [0, 0.1) is 16.7 Å². The Balaban J connectivity index is 1.59. The number of carbonyl (C=O) groups excluding carboxylic acids is 1. The third-order valence-electron chi connectivity index (χ3n) is 7.57. The molecule has 3 aliphatic rings. The van der Waals surface area contributed by atoms with E-state index in [1.165, 1.54) is 11.3 Å². The monoisotopic (exact) mass is 431 g/mol. The molecule has 0 spiro atoms. The van der Waals surface area contributed by atoms with Crippen molar-refractivity contribution in [2.24, 2.45) is 5.41 Å². The molecular formula is C27H33N3O2. The largest absolute Gasteiger partial charge is 0.393 e. The Morgan fingerprint density at radius 1 is 1.09 bits per heavy atom. The summed E-state index contributed by atoms with van der Waals surface area (Å²) in [7, 11) is 0. The molecule has 5 nitrogen and oxygen atoms in total. The Bertz CT molecular complexity index is 1100. The van der Waals surface area contributed by atoms with Gasteiger partial charge < -0.3 is 15.0 Å². The van der Waals surface area contributed by atoms with E-state index in [2.05, 4.69) is 35.9 Å². The molecule has 1 aromatic carbocycles. The standard InChI is InChI=1S/C27H33N3O2/c1-27(2)14-24-26(25(32)15-27)21-5-3-4-6-23(21)30(24)19-10-7-17(16-28)22(13-19)29-18-8-11-20(31)12-9-18/h7,10,13,18,20,29,31H,3-6,8-9,11-12,14-15H2,1-2H3/t18-,20-. The van der Waals surface area contributed by atoms with Crippen molar-refractivity contribution in [1.82, 2.24) is 4.57 Å². The number of nitriles is 1. The van der Waals surface area contributed by atoms with E-state index in [0.29, 0.717) is 17.8 Å². The van der Waals surface area contributed by atoms with Gasteiger partial charge in [0.25, 0.3) is 0 Å². The first kappa shape index (κ1) is 21.3. The van der Waals surface area contributed by atoms with Gasteiger partial charge in [-0.2, -0.15) is 5.26 Å². The predicted octanol–water partition coefficient (Wildman–Crippen LogP) is 5.10. The number of benzene rings is 1. The minimum atomic E-state index is -0.200. The van der Waals surface area contributed by atoms with Crippen molar-refractivity contribution >= 4 is 11.5 Å². The van der Waals surface area contributed by atoms with E-state index in [-0.39, 0.29) is 17.6 Å². The number of carbonyl (C=O) groups is 1. The van der Waals surface area contributed by atoms with Crippen LogP contribution in [0.1, 0.15) is 91.7 Å². The highest BCUT2D eigenvalue weighted by Gasteiger charge is 2.38. The summed E-state index contributed by atoms with van der Waals surface area (Å²) in [6, 6.07) is 8.66. The van der Waals surface area contributed by atoms with E-state index in [0.717, 1.165) is 80.4 Å². The van der Waals surface area contributed by atoms with Crippen LogP contribution in [0.3, 0.4) is 0 Å². The molecule has 1 aromatic heterocycles. The number of nitrogens with zero attached hydrogens (tertiary/aromatic N) is 2. The molecule has 2 aromatic rings. The lowest BCUT2D eigenvalue weighted by atomic mass is 9.75. The number of nitrogens with one attached hydrogen (secondary N) is 1. The van der Waals surface area contributed by atoms with Crippen molar-refractivity contribution in [1.29, 1.82) is 5.26 Å². The van der Waals surface area contributed by atoms with Gasteiger partial charge in [0.15, 0.2) is 5.78 Å². The second-order valence-electron chi connectivity index (χ2n) is 10.7. The second kappa shape index (κ2) is 8.08. The average Bonchev–Trinajstić information content (AvgIpc) is 3.08. The average molecular weight is 432 g/mol. The summed E-state index contributed by atoms with van der Waals surface area (Å²) in [6.07, 6.45) is 9.02. The zero-order valence-corrected chi connectivity index (χ0v) is 19.2. The van der Waals surface area contributed by atoms with Gasteiger partial charge in [0.1, 0.15) is 6.07 Å². The fraction of sp³-hybridized carbons (Fsp3) is 0.556. The number of fused-ring (bicyclic) bond motifs is 3. The fourth-order valence-corrected chi connectivity index (χ4v) is 6.03. The maximum absolute atomic E-state index is 13.2. The Morgan fingerprint density at radius 3 is 2.59 bits per heavy atom. The van der Waals surface area contributed by atoms with Crippen LogP contribution in [-0.4, -0.2) is 27.6 Å². The van der Waals surface area contributed by atoms with Crippen molar-refractivity contribution in [2.75, 3.05) is 5.32 Å². The summed E-state index contributed by atoms with van der Waals surface area (Å²) in [4.78, 5) is 13.2. The van der Waals surface area contributed by atoms with Crippen LogP contribution in [-0.2, 0) is 19.3 Å². The molecule has 1 heterocycles.